The maximum absolute atomic E-state index is 13.5. The molecule has 1 aliphatic rings. The van der Waals surface area contributed by atoms with Gasteiger partial charge in [0.05, 0.1) is 34.4 Å². The lowest BCUT2D eigenvalue weighted by atomic mass is 10.1. The first kappa shape index (κ1) is 24.7. The van der Waals surface area contributed by atoms with Crippen LogP contribution in [0, 0.1) is 0 Å². The number of piperidine rings is 1. The quantitative estimate of drug-likeness (QED) is 0.296. The predicted octanol–water partition coefficient (Wildman–Crippen LogP) is 4.22. The van der Waals surface area contributed by atoms with E-state index in [2.05, 4.69) is 13.7 Å². The number of benzene rings is 2. The van der Waals surface area contributed by atoms with Crippen LogP contribution >= 0.6 is 22.9 Å². The van der Waals surface area contributed by atoms with Gasteiger partial charge in [-0.2, -0.15) is 0 Å². The normalized spacial score (nSPS) is 15.2. The van der Waals surface area contributed by atoms with Crippen LogP contribution in [0.4, 0.5) is 0 Å². The molecular formula is C26H31IN4O3. The Bertz CT molecular complexity index is 1180. The van der Waals surface area contributed by atoms with Crippen molar-refractivity contribution in [2.24, 2.45) is 0 Å². The Morgan fingerprint density at radius 3 is 2.53 bits per heavy atom. The molecule has 1 fully saturated rings. The number of aromatic nitrogens is 1. The minimum Gasteiger partial charge on any atom is -0.457 e. The standard InChI is InChI=1S/C26H31IN4O3/c1-19(25(32)29-27)28-18-21-16-20-10-11-23(34-22-8-4-2-5-9-22)17-24(20)31(26(21)33)15-14-30-12-6-3-7-13-30/h2,4-5,8-11,16-17,19,28H,3,6-7,12-15,18H2,1H3,(H,29,32)/t19-/m0/s1. The number of pyridine rings is 1. The number of rotatable bonds is 9. The van der Waals surface area contributed by atoms with Gasteiger partial charge in [-0.1, -0.05) is 24.6 Å². The topological polar surface area (TPSA) is 75.6 Å². The van der Waals surface area contributed by atoms with E-state index in [1.807, 2.05) is 82.0 Å². The van der Waals surface area contributed by atoms with Gasteiger partial charge in [0.1, 0.15) is 11.5 Å². The Balaban J connectivity index is 1.65. The fourth-order valence-electron chi connectivity index (χ4n) is 4.31. The van der Waals surface area contributed by atoms with E-state index in [1.165, 1.54) is 19.3 Å². The highest BCUT2D eigenvalue weighted by atomic mass is 127. The summed E-state index contributed by atoms with van der Waals surface area (Å²) in [7, 11) is 0. The number of amides is 1. The number of nitrogens with one attached hydrogen (secondary N) is 2. The summed E-state index contributed by atoms with van der Waals surface area (Å²) in [6, 6.07) is 17.0. The van der Waals surface area contributed by atoms with Crippen LogP contribution < -0.4 is 19.1 Å². The fraction of sp³-hybridized carbons (Fsp3) is 0.385. The van der Waals surface area contributed by atoms with Crippen LogP contribution in [-0.4, -0.2) is 41.1 Å². The number of para-hydroxylation sites is 1. The molecule has 2 heterocycles. The second-order valence-electron chi connectivity index (χ2n) is 8.73. The first-order valence-electron chi connectivity index (χ1n) is 11.8. The van der Waals surface area contributed by atoms with Crippen LogP contribution in [0.3, 0.4) is 0 Å². The zero-order chi connectivity index (χ0) is 23.9. The Hall–Kier alpha value is -2.43. The average molecular weight is 574 g/mol. The van der Waals surface area contributed by atoms with E-state index in [0.29, 0.717) is 24.4 Å². The van der Waals surface area contributed by atoms with Gasteiger partial charge in [-0.15, -0.1) is 0 Å². The third-order valence-electron chi connectivity index (χ3n) is 6.29. The van der Waals surface area contributed by atoms with Gasteiger partial charge >= 0.3 is 0 Å². The number of hydrogen-bond donors (Lipinski definition) is 2. The minimum atomic E-state index is -0.393. The fourth-order valence-corrected chi connectivity index (χ4v) is 4.78. The molecule has 0 unspecified atom stereocenters. The smallest absolute Gasteiger partial charge is 0.255 e. The van der Waals surface area contributed by atoms with Gasteiger partial charge in [0.15, 0.2) is 0 Å². The van der Waals surface area contributed by atoms with E-state index in [4.69, 9.17) is 4.74 Å². The first-order valence-corrected chi connectivity index (χ1v) is 12.9. The molecule has 3 aromatic rings. The zero-order valence-electron chi connectivity index (χ0n) is 19.4. The lowest BCUT2D eigenvalue weighted by molar-refractivity contribution is -0.120. The second-order valence-corrected chi connectivity index (χ2v) is 9.27. The largest absolute Gasteiger partial charge is 0.457 e. The molecule has 34 heavy (non-hydrogen) atoms. The molecule has 0 radical (unpaired) electrons. The molecule has 2 aromatic carbocycles. The van der Waals surface area contributed by atoms with E-state index in [9.17, 15) is 9.59 Å². The SMILES string of the molecule is C[C@H](NCc1cc2ccc(Oc3ccccc3)cc2n(CCN2CCCCC2)c1=O)C(=O)NI. The van der Waals surface area contributed by atoms with Gasteiger partial charge < -0.3 is 19.5 Å². The van der Waals surface area contributed by atoms with Gasteiger partial charge in [-0.25, -0.2) is 0 Å². The number of halogens is 1. The van der Waals surface area contributed by atoms with Gasteiger partial charge in [-0.05, 0) is 68.6 Å². The molecular weight excluding hydrogens is 543 g/mol. The molecule has 1 saturated heterocycles. The highest BCUT2D eigenvalue weighted by molar-refractivity contribution is 14.1. The van der Waals surface area contributed by atoms with Crippen LogP contribution in [0.2, 0.25) is 0 Å². The molecule has 8 heteroatoms. The molecule has 1 aromatic heterocycles. The molecule has 0 aliphatic carbocycles. The van der Waals surface area contributed by atoms with Crippen LogP contribution in [0.25, 0.3) is 10.9 Å². The van der Waals surface area contributed by atoms with Crippen molar-refractivity contribution in [1.82, 2.24) is 18.3 Å². The number of hydrogen-bond acceptors (Lipinski definition) is 5. The monoisotopic (exact) mass is 574 g/mol. The summed E-state index contributed by atoms with van der Waals surface area (Å²) < 4.78 is 10.5. The number of ether oxygens (including phenoxy) is 1. The lowest BCUT2D eigenvalue weighted by Gasteiger charge is -2.27. The number of carbonyl (C=O) groups is 1. The second kappa shape index (κ2) is 11.8. The van der Waals surface area contributed by atoms with Crippen molar-refractivity contribution in [3.05, 3.63) is 70.5 Å². The molecule has 7 nitrogen and oxygen atoms in total. The Morgan fingerprint density at radius 2 is 1.79 bits per heavy atom. The van der Waals surface area contributed by atoms with Crippen LogP contribution in [0.5, 0.6) is 11.5 Å². The highest BCUT2D eigenvalue weighted by Crippen LogP contribution is 2.25. The maximum atomic E-state index is 13.5. The first-order chi connectivity index (χ1) is 16.5. The summed E-state index contributed by atoms with van der Waals surface area (Å²) in [5.74, 6) is 1.34. The summed E-state index contributed by atoms with van der Waals surface area (Å²) in [6.45, 7) is 5.73. The molecule has 2 N–H and O–H groups in total. The van der Waals surface area contributed by atoms with Crippen molar-refractivity contribution in [2.45, 2.75) is 45.3 Å². The molecule has 180 valence electrons. The summed E-state index contributed by atoms with van der Waals surface area (Å²) in [5.41, 5.74) is 1.48. The van der Waals surface area contributed by atoms with Crippen molar-refractivity contribution in [1.29, 1.82) is 0 Å². The Labute approximate surface area is 214 Å². The minimum absolute atomic E-state index is 0.0315. The molecule has 4 rings (SSSR count). The average Bonchev–Trinajstić information content (AvgIpc) is 2.87. The van der Waals surface area contributed by atoms with E-state index in [0.717, 1.165) is 36.3 Å². The number of fused-ring (bicyclic) bond motifs is 1. The lowest BCUT2D eigenvalue weighted by Crippen LogP contribution is -2.40. The van der Waals surface area contributed by atoms with Crippen molar-refractivity contribution >= 4 is 39.7 Å². The summed E-state index contributed by atoms with van der Waals surface area (Å²) in [6.07, 6.45) is 3.71. The van der Waals surface area contributed by atoms with Gasteiger partial charge in [0, 0.05) is 31.3 Å². The van der Waals surface area contributed by atoms with Crippen LogP contribution in [0.15, 0.2) is 59.4 Å². The summed E-state index contributed by atoms with van der Waals surface area (Å²) >= 11 is 1.83. The third kappa shape index (κ3) is 6.17. The van der Waals surface area contributed by atoms with E-state index >= 15 is 0 Å². The zero-order valence-corrected chi connectivity index (χ0v) is 21.6. The predicted molar refractivity (Wildman–Crippen MR) is 143 cm³/mol. The van der Waals surface area contributed by atoms with Crippen LogP contribution in [0.1, 0.15) is 31.7 Å². The highest BCUT2D eigenvalue weighted by Gasteiger charge is 2.16. The maximum Gasteiger partial charge on any atom is 0.255 e. The van der Waals surface area contributed by atoms with Crippen molar-refractivity contribution in [2.75, 3.05) is 19.6 Å². The molecule has 0 saturated carbocycles. The van der Waals surface area contributed by atoms with Gasteiger partial charge in [-0.3, -0.25) is 13.1 Å². The summed E-state index contributed by atoms with van der Waals surface area (Å²) in [5, 5.41) is 4.14. The number of likely N-dealkylation sites (tertiary alicyclic amines) is 1. The third-order valence-corrected chi connectivity index (χ3v) is 6.83. The number of nitrogens with zero attached hydrogens (tertiary/aromatic N) is 2. The van der Waals surface area contributed by atoms with Crippen molar-refractivity contribution in [3.8, 4) is 11.5 Å². The molecule has 1 amide bonds. The summed E-state index contributed by atoms with van der Waals surface area (Å²) in [4.78, 5) is 27.9. The Morgan fingerprint density at radius 1 is 1.03 bits per heavy atom. The van der Waals surface area contributed by atoms with E-state index in [1.54, 1.807) is 6.92 Å². The molecule has 1 atom stereocenters. The molecule has 0 spiro atoms. The van der Waals surface area contributed by atoms with Crippen molar-refractivity contribution < 1.29 is 9.53 Å². The van der Waals surface area contributed by atoms with Crippen molar-refractivity contribution in [3.63, 3.8) is 0 Å². The molecule has 0 bridgehead atoms. The number of carbonyl (C=O) groups excluding carboxylic acids is 1. The van der Waals surface area contributed by atoms with Gasteiger partial charge in [0.25, 0.3) is 5.56 Å². The van der Waals surface area contributed by atoms with E-state index in [-0.39, 0.29) is 11.5 Å². The molecule has 1 aliphatic heterocycles. The van der Waals surface area contributed by atoms with E-state index < -0.39 is 6.04 Å². The van der Waals surface area contributed by atoms with Gasteiger partial charge in [0.2, 0.25) is 5.91 Å². The van der Waals surface area contributed by atoms with Crippen LogP contribution in [-0.2, 0) is 17.9 Å². The Kier molecular flexibility index (Phi) is 8.58.